The molecule has 0 unspecified atom stereocenters. The zero-order valence-corrected chi connectivity index (χ0v) is 11.3. The van der Waals surface area contributed by atoms with Gasteiger partial charge in [-0.15, -0.1) is 5.10 Å². The zero-order chi connectivity index (χ0) is 14.5. The molecule has 0 saturated heterocycles. The Morgan fingerprint density at radius 1 is 1.33 bits per heavy atom. The highest BCUT2D eigenvalue weighted by Gasteiger charge is 2.10. The molecule has 0 spiro atoms. The van der Waals surface area contributed by atoms with E-state index in [-0.39, 0.29) is 11.9 Å². The van der Waals surface area contributed by atoms with Crippen molar-refractivity contribution in [2.24, 2.45) is 0 Å². The van der Waals surface area contributed by atoms with Crippen LogP contribution in [0.25, 0.3) is 11.6 Å². The number of aromatic nitrogens is 4. The van der Waals surface area contributed by atoms with Crippen LogP contribution in [-0.2, 0) is 11.3 Å². The van der Waals surface area contributed by atoms with Gasteiger partial charge in [0, 0.05) is 25.4 Å². The molecule has 3 heterocycles. The summed E-state index contributed by atoms with van der Waals surface area (Å²) in [5.41, 5.74) is 0. The molecule has 3 rings (SSSR count). The maximum atomic E-state index is 11.8. The fraction of sp³-hybridized carbons (Fsp3) is 0.214. The number of hydrogen-bond acceptors (Lipinski definition) is 4. The van der Waals surface area contributed by atoms with Gasteiger partial charge in [0.15, 0.2) is 11.6 Å². The lowest BCUT2D eigenvalue weighted by Crippen LogP contribution is -2.13. The van der Waals surface area contributed by atoms with E-state index in [0.29, 0.717) is 18.0 Å². The van der Waals surface area contributed by atoms with E-state index in [9.17, 15) is 4.79 Å². The minimum Gasteiger partial charge on any atom is -0.461 e. The van der Waals surface area contributed by atoms with Crippen LogP contribution in [0.2, 0.25) is 0 Å². The highest BCUT2D eigenvalue weighted by atomic mass is 16.3. The average molecular weight is 285 g/mol. The molecular formula is C14H15N5O2. The summed E-state index contributed by atoms with van der Waals surface area (Å²) in [6.45, 7) is 0.812. The van der Waals surface area contributed by atoms with Crippen molar-refractivity contribution >= 4 is 11.9 Å². The van der Waals surface area contributed by atoms with Gasteiger partial charge in [-0.3, -0.25) is 15.2 Å². The number of carbonyl (C=O) groups excluding carboxylic acids is 1. The van der Waals surface area contributed by atoms with Crippen molar-refractivity contribution < 1.29 is 9.21 Å². The monoisotopic (exact) mass is 285 g/mol. The van der Waals surface area contributed by atoms with Crippen molar-refractivity contribution in [2.45, 2.75) is 19.4 Å². The minimum atomic E-state index is -0.104. The lowest BCUT2D eigenvalue weighted by molar-refractivity contribution is -0.116. The van der Waals surface area contributed by atoms with Crippen molar-refractivity contribution in [3.8, 4) is 11.6 Å². The number of anilines is 1. The number of hydrogen-bond donors (Lipinski definition) is 2. The summed E-state index contributed by atoms with van der Waals surface area (Å²) in [4.78, 5) is 16.0. The molecule has 0 atom stereocenters. The first-order valence-corrected chi connectivity index (χ1v) is 6.68. The third-order valence-corrected chi connectivity index (χ3v) is 2.98. The smallest absolute Gasteiger partial charge is 0.249 e. The molecule has 0 bridgehead atoms. The average Bonchev–Trinajstić information content (AvgIpc) is 3.21. The second kappa shape index (κ2) is 6.08. The molecular weight excluding hydrogens is 270 g/mol. The van der Waals surface area contributed by atoms with Gasteiger partial charge in [-0.2, -0.15) is 4.98 Å². The summed E-state index contributed by atoms with van der Waals surface area (Å²) in [7, 11) is 0. The van der Waals surface area contributed by atoms with Crippen LogP contribution in [0.15, 0.2) is 47.3 Å². The molecule has 3 aromatic heterocycles. The summed E-state index contributed by atoms with van der Waals surface area (Å²) in [6.07, 6.45) is 6.68. The maximum Gasteiger partial charge on any atom is 0.249 e. The standard InChI is InChI=1S/C14H15N5O2/c20-12(6-3-9-19-7-1-2-8-19)15-14-16-13(17-18-14)11-5-4-10-21-11/h1-2,4-5,7-8,10H,3,6,9H2,(H2,15,16,17,18,20). The van der Waals surface area contributed by atoms with E-state index in [0.717, 1.165) is 13.0 Å². The maximum absolute atomic E-state index is 11.8. The van der Waals surface area contributed by atoms with Gasteiger partial charge in [0.05, 0.1) is 6.26 Å². The number of rotatable bonds is 6. The van der Waals surface area contributed by atoms with Gasteiger partial charge in [-0.05, 0) is 30.7 Å². The third kappa shape index (κ3) is 3.38. The molecule has 0 aliphatic heterocycles. The fourth-order valence-corrected chi connectivity index (χ4v) is 1.97. The van der Waals surface area contributed by atoms with Crippen molar-refractivity contribution in [2.75, 3.05) is 5.32 Å². The number of furan rings is 1. The van der Waals surface area contributed by atoms with E-state index in [1.165, 1.54) is 0 Å². The molecule has 0 aliphatic rings. The summed E-state index contributed by atoms with van der Waals surface area (Å²) in [5, 5.41) is 9.32. The molecule has 2 N–H and O–H groups in total. The lowest BCUT2D eigenvalue weighted by Gasteiger charge is -2.02. The van der Waals surface area contributed by atoms with Crippen LogP contribution in [0.5, 0.6) is 0 Å². The Hall–Kier alpha value is -2.83. The highest BCUT2D eigenvalue weighted by Crippen LogP contribution is 2.15. The highest BCUT2D eigenvalue weighted by molar-refractivity contribution is 5.88. The minimum absolute atomic E-state index is 0.104. The second-order valence-electron chi connectivity index (χ2n) is 4.56. The van der Waals surface area contributed by atoms with E-state index in [2.05, 4.69) is 20.5 Å². The molecule has 0 radical (unpaired) electrons. The molecule has 3 aromatic rings. The largest absolute Gasteiger partial charge is 0.461 e. The van der Waals surface area contributed by atoms with E-state index in [1.54, 1.807) is 18.4 Å². The molecule has 1 amide bonds. The first-order chi connectivity index (χ1) is 10.3. The fourth-order valence-electron chi connectivity index (χ4n) is 1.97. The van der Waals surface area contributed by atoms with Crippen molar-refractivity contribution in [3.63, 3.8) is 0 Å². The van der Waals surface area contributed by atoms with Gasteiger partial charge in [-0.25, -0.2) is 0 Å². The Labute approximate surface area is 121 Å². The Morgan fingerprint density at radius 3 is 2.95 bits per heavy atom. The van der Waals surface area contributed by atoms with Crippen LogP contribution in [0.1, 0.15) is 12.8 Å². The van der Waals surface area contributed by atoms with E-state index < -0.39 is 0 Å². The topological polar surface area (TPSA) is 88.7 Å². The normalized spacial score (nSPS) is 10.7. The number of amides is 1. The summed E-state index contributed by atoms with van der Waals surface area (Å²) in [6, 6.07) is 7.45. The van der Waals surface area contributed by atoms with Gasteiger partial charge in [-0.1, -0.05) is 0 Å². The van der Waals surface area contributed by atoms with E-state index in [4.69, 9.17) is 4.42 Å². The van der Waals surface area contributed by atoms with Gasteiger partial charge < -0.3 is 8.98 Å². The second-order valence-corrected chi connectivity index (χ2v) is 4.56. The third-order valence-electron chi connectivity index (χ3n) is 2.98. The van der Waals surface area contributed by atoms with Gasteiger partial charge >= 0.3 is 0 Å². The molecule has 0 saturated carbocycles. The van der Waals surface area contributed by atoms with E-state index in [1.807, 2.05) is 29.1 Å². The molecule has 0 fully saturated rings. The Balaban J connectivity index is 1.48. The van der Waals surface area contributed by atoms with Crippen molar-refractivity contribution in [1.82, 2.24) is 19.7 Å². The Bertz CT molecular complexity index is 685. The van der Waals surface area contributed by atoms with Crippen LogP contribution in [0.4, 0.5) is 5.95 Å². The van der Waals surface area contributed by atoms with Crippen LogP contribution >= 0.6 is 0 Å². The molecule has 7 nitrogen and oxygen atoms in total. The molecule has 0 aliphatic carbocycles. The van der Waals surface area contributed by atoms with Crippen LogP contribution in [0.3, 0.4) is 0 Å². The predicted molar refractivity (Wildman–Crippen MR) is 76.4 cm³/mol. The van der Waals surface area contributed by atoms with Crippen LogP contribution < -0.4 is 5.32 Å². The van der Waals surface area contributed by atoms with Gasteiger partial charge in [0.2, 0.25) is 11.9 Å². The van der Waals surface area contributed by atoms with Crippen LogP contribution in [-0.4, -0.2) is 25.7 Å². The number of nitrogens with one attached hydrogen (secondary N) is 2. The molecule has 21 heavy (non-hydrogen) atoms. The first-order valence-electron chi connectivity index (χ1n) is 6.68. The van der Waals surface area contributed by atoms with E-state index >= 15 is 0 Å². The summed E-state index contributed by atoms with van der Waals surface area (Å²) < 4.78 is 7.23. The molecule has 7 heteroatoms. The quantitative estimate of drug-likeness (QED) is 0.727. The van der Waals surface area contributed by atoms with Gasteiger partial charge in [0.1, 0.15) is 0 Å². The van der Waals surface area contributed by atoms with Gasteiger partial charge in [0.25, 0.3) is 0 Å². The van der Waals surface area contributed by atoms with Crippen molar-refractivity contribution in [3.05, 3.63) is 42.9 Å². The summed E-state index contributed by atoms with van der Waals surface area (Å²) >= 11 is 0. The SMILES string of the molecule is O=C(CCCn1cccc1)Nc1n[nH]c(-c2ccco2)n1. The lowest BCUT2D eigenvalue weighted by atomic mass is 10.3. The number of H-pyrrole nitrogens is 1. The Morgan fingerprint density at radius 2 is 2.19 bits per heavy atom. The number of nitrogens with zero attached hydrogens (tertiary/aromatic N) is 3. The summed E-state index contributed by atoms with van der Waals surface area (Å²) in [5.74, 6) is 1.22. The predicted octanol–water partition coefficient (Wildman–Crippen LogP) is 2.29. The Kier molecular flexibility index (Phi) is 3.81. The molecule has 108 valence electrons. The number of aryl methyl sites for hydroxylation is 1. The zero-order valence-electron chi connectivity index (χ0n) is 11.3. The number of aromatic amines is 1. The number of carbonyl (C=O) groups is 1. The van der Waals surface area contributed by atoms with Crippen LogP contribution in [0, 0.1) is 0 Å². The van der Waals surface area contributed by atoms with Crippen molar-refractivity contribution in [1.29, 1.82) is 0 Å². The molecule has 0 aromatic carbocycles. The first kappa shape index (κ1) is 13.2.